The summed E-state index contributed by atoms with van der Waals surface area (Å²) in [7, 11) is 0. The second-order valence-corrected chi connectivity index (χ2v) is 14.5. The molecule has 0 saturated carbocycles. The fourth-order valence-electron chi connectivity index (χ4n) is 7.10. The summed E-state index contributed by atoms with van der Waals surface area (Å²) in [6, 6.07) is 0. The molecule has 20 atom stereocenters. The van der Waals surface area contributed by atoms with Crippen LogP contribution in [0.25, 0.3) is 0 Å². The maximum atomic E-state index is 11.1. The van der Waals surface area contributed by atoms with Crippen LogP contribution in [0.1, 0.15) is 58.3 Å². The lowest BCUT2D eigenvalue weighted by Crippen LogP contribution is -2.67. The van der Waals surface area contributed by atoms with Gasteiger partial charge >= 0.3 is 0 Å². The summed E-state index contributed by atoms with van der Waals surface area (Å²) in [5.74, 6) is 0. The second-order valence-electron chi connectivity index (χ2n) is 14.5. The highest BCUT2D eigenvalue weighted by Gasteiger charge is 2.55. The van der Waals surface area contributed by atoms with E-state index in [0.717, 1.165) is 25.7 Å². The van der Waals surface area contributed by atoms with E-state index in [1.807, 2.05) is 0 Å². The van der Waals surface area contributed by atoms with E-state index in [0.29, 0.717) is 6.42 Å². The first-order valence-corrected chi connectivity index (χ1v) is 19.1. The van der Waals surface area contributed by atoms with Crippen molar-refractivity contribution >= 4 is 0 Å². The molecule has 0 aromatic heterocycles. The first-order valence-electron chi connectivity index (χ1n) is 19.1. The standard InChI is InChI=1S/C34H62O21/c1-2-3-4-5-6-7-8-9-10-48-31-25(45)21(41)28(16(12-36)50-31)54-33-27(47)23(43)30(18(14-38)52-33)55-34-26(46)22(42)29(17(13-37)51-34)53-32-24(44)20(40)19(39)15(11-35)49-32/h15-47H,2-14H2,1H3/t15-,16-,17-,18-,19-,20-,21+,22+,23+,24-,25-,26-,27-,28+,29+,30-,31+,32-,33-,34-/m0/s1. The van der Waals surface area contributed by atoms with Crippen molar-refractivity contribution in [3.05, 3.63) is 0 Å². The van der Waals surface area contributed by atoms with Gasteiger partial charge in [-0.2, -0.15) is 0 Å². The zero-order chi connectivity index (χ0) is 40.4. The number of hydrogen-bond acceptors (Lipinski definition) is 21. The summed E-state index contributed by atoms with van der Waals surface area (Å²) in [6.45, 7) is -0.867. The van der Waals surface area contributed by atoms with Crippen molar-refractivity contribution in [3.63, 3.8) is 0 Å². The molecule has 324 valence electrons. The lowest BCUT2D eigenvalue weighted by atomic mass is 9.95. The number of aliphatic hydroxyl groups excluding tert-OH is 13. The van der Waals surface area contributed by atoms with Gasteiger partial charge in [-0.1, -0.05) is 51.9 Å². The molecule has 0 aromatic carbocycles. The minimum Gasteiger partial charge on any atom is -0.394 e. The molecule has 0 aliphatic carbocycles. The molecule has 4 fully saturated rings. The van der Waals surface area contributed by atoms with Gasteiger partial charge in [0.25, 0.3) is 0 Å². The molecule has 0 bridgehead atoms. The van der Waals surface area contributed by atoms with Gasteiger partial charge in [0.1, 0.15) is 97.7 Å². The van der Waals surface area contributed by atoms with Crippen molar-refractivity contribution in [2.45, 2.75) is 181 Å². The first-order chi connectivity index (χ1) is 26.3. The first kappa shape index (κ1) is 46.8. The van der Waals surface area contributed by atoms with Crippen LogP contribution >= 0.6 is 0 Å². The third-order valence-electron chi connectivity index (χ3n) is 10.5. The molecule has 13 N–H and O–H groups in total. The van der Waals surface area contributed by atoms with Crippen molar-refractivity contribution in [3.8, 4) is 0 Å². The number of rotatable bonds is 20. The van der Waals surface area contributed by atoms with Gasteiger partial charge in [-0.05, 0) is 6.42 Å². The molecular formula is C34H62O21. The van der Waals surface area contributed by atoms with E-state index in [-0.39, 0.29) is 6.61 Å². The predicted octanol–water partition coefficient (Wildman–Crippen LogP) is -5.58. The van der Waals surface area contributed by atoms with E-state index in [9.17, 15) is 66.4 Å². The average molecular weight is 807 g/mol. The molecular weight excluding hydrogens is 744 g/mol. The molecule has 21 heteroatoms. The predicted molar refractivity (Wildman–Crippen MR) is 180 cm³/mol. The number of ether oxygens (including phenoxy) is 8. The van der Waals surface area contributed by atoms with Crippen LogP contribution < -0.4 is 0 Å². The third-order valence-corrected chi connectivity index (χ3v) is 10.5. The van der Waals surface area contributed by atoms with E-state index in [1.165, 1.54) is 19.3 Å². The Kier molecular flexibility index (Phi) is 19.2. The van der Waals surface area contributed by atoms with Gasteiger partial charge in [0.05, 0.1) is 26.4 Å². The summed E-state index contributed by atoms with van der Waals surface area (Å²) in [5.41, 5.74) is 0. The van der Waals surface area contributed by atoms with Crippen molar-refractivity contribution in [2.75, 3.05) is 33.0 Å². The van der Waals surface area contributed by atoms with Crippen LogP contribution in [0.5, 0.6) is 0 Å². The minimum atomic E-state index is -2.01. The van der Waals surface area contributed by atoms with Crippen LogP contribution in [0.3, 0.4) is 0 Å². The maximum absolute atomic E-state index is 11.1. The summed E-state index contributed by atoms with van der Waals surface area (Å²) in [6.07, 6.45) is -25.5. The Morgan fingerprint density at radius 1 is 0.364 bits per heavy atom. The van der Waals surface area contributed by atoms with Gasteiger partial charge < -0.3 is 104 Å². The zero-order valence-corrected chi connectivity index (χ0v) is 30.8. The highest BCUT2D eigenvalue weighted by Crippen LogP contribution is 2.34. The molecule has 4 saturated heterocycles. The van der Waals surface area contributed by atoms with Crippen molar-refractivity contribution in [1.29, 1.82) is 0 Å². The van der Waals surface area contributed by atoms with Crippen LogP contribution in [0.4, 0.5) is 0 Å². The van der Waals surface area contributed by atoms with Crippen LogP contribution in [-0.2, 0) is 37.9 Å². The normalized spacial score (nSPS) is 45.5. The highest BCUT2D eigenvalue weighted by atomic mass is 16.8. The molecule has 4 rings (SSSR count). The zero-order valence-electron chi connectivity index (χ0n) is 30.8. The van der Waals surface area contributed by atoms with E-state index in [1.54, 1.807) is 0 Å². The van der Waals surface area contributed by atoms with Gasteiger partial charge in [0.2, 0.25) is 0 Å². The molecule has 21 nitrogen and oxygen atoms in total. The Morgan fingerprint density at radius 2 is 0.691 bits per heavy atom. The van der Waals surface area contributed by atoms with E-state index in [4.69, 9.17) is 37.9 Å². The van der Waals surface area contributed by atoms with Crippen LogP contribution in [0.15, 0.2) is 0 Å². The molecule has 4 aliphatic heterocycles. The number of aliphatic hydroxyl groups is 13. The van der Waals surface area contributed by atoms with Crippen molar-refractivity contribution in [1.82, 2.24) is 0 Å². The lowest BCUT2D eigenvalue weighted by Gasteiger charge is -2.49. The summed E-state index contributed by atoms with van der Waals surface area (Å²) in [4.78, 5) is 0. The number of hydrogen-bond donors (Lipinski definition) is 13. The molecule has 0 spiro atoms. The van der Waals surface area contributed by atoms with Gasteiger partial charge in [-0.25, -0.2) is 0 Å². The Bertz CT molecular complexity index is 1070. The smallest absolute Gasteiger partial charge is 0.187 e. The molecule has 55 heavy (non-hydrogen) atoms. The Hall–Kier alpha value is -0.840. The Labute approximate surface area is 318 Å². The Balaban J connectivity index is 1.33. The fourth-order valence-corrected chi connectivity index (χ4v) is 7.10. The van der Waals surface area contributed by atoms with Crippen LogP contribution in [0, 0.1) is 0 Å². The van der Waals surface area contributed by atoms with E-state index < -0.39 is 149 Å². The molecule has 4 heterocycles. The largest absolute Gasteiger partial charge is 0.394 e. The number of unbranched alkanes of at least 4 members (excludes halogenated alkanes) is 7. The van der Waals surface area contributed by atoms with E-state index >= 15 is 0 Å². The minimum absolute atomic E-state index is 0.227. The quantitative estimate of drug-likeness (QED) is 0.0510. The van der Waals surface area contributed by atoms with Crippen molar-refractivity contribution < 1.29 is 104 Å². The highest BCUT2D eigenvalue weighted by molar-refractivity contribution is 4.98. The van der Waals surface area contributed by atoms with Crippen molar-refractivity contribution in [2.24, 2.45) is 0 Å². The fraction of sp³-hybridized carbons (Fsp3) is 1.00. The summed E-state index contributed by atoms with van der Waals surface area (Å²) in [5, 5.41) is 136. The molecule has 0 radical (unpaired) electrons. The average Bonchev–Trinajstić information content (AvgIpc) is 3.18. The molecule has 0 unspecified atom stereocenters. The van der Waals surface area contributed by atoms with Gasteiger partial charge in [0.15, 0.2) is 25.2 Å². The summed E-state index contributed by atoms with van der Waals surface area (Å²) >= 11 is 0. The topological polar surface area (TPSA) is 337 Å². The summed E-state index contributed by atoms with van der Waals surface area (Å²) < 4.78 is 44.7. The van der Waals surface area contributed by atoms with E-state index in [2.05, 4.69) is 6.92 Å². The SMILES string of the molecule is CCCCCCCCCCO[C@@H]1O[C@@H](CO)[C@@H](O[C@@H]2O[C@@H](CO)[C@H](O[C@@H]3O[C@@H](CO)[C@@H](O[C@@H]4O[C@@H](CO)[C@H](O)[C@H](O)[C@@H]4O)[C@H](O)[C@@H]3O)[C@H](O)[C@@H]2O)[C@H](O)[C@@H]1O. The maximum Gasteiger partial charge on any atom is 0.187 e. The lowest BCUT2D eigenvalue weighted by molar-refractivity contribution is -0.388. The van der Waals surface area contributed by atoms with Crippen LogP contribution in [0.2, 0.25) is 0 Å². The monoisotopic (exact) mass is 806 g/mol. The third kappa shape index (κ3) is 11.5. The molecule has 4 aliphatic rings. The molecule has 0 aromatic rings. The van der Waals surface area contributed by atoms with Crippen LogP contribution in [-0.4, -0.2) is 222 Å². The molecule has 0 amide bonds. The Morgan fingerprint density at radius 3 is 1.09 bits per heavy atom. The van der Waals surface area contributed by atoms with Gasteiger partial charge in [-0.15, -0.1) is 0 Å². The van der Waals surface area contributed by atoms with Gasteiger partial charge in [-0.3, -0.25) is 0 Å². The van der Waals surface area contributed by atoms with Gasteiger partial charge in [0, 0.05) is 6.61 Å². The second kappa shape index (κ2) is 22.5.